The Balaban J connectivity index is 1.77. The van der Waals surface area contributed by atoms with E-state index in [1.54, 1.807) is 24.3 Å². The fourth-order valence-electron chi connectivity index (χ4n) is 2.47. The second kappa shape index (κ2) is 6.66. The van der Waals surface area contributed by atoms with Crippen LogP contribution in [0.3, 0.4) is 0 Å². The Morgan fingerprint density at radius 2 is 1.83 bits per heavy atom. The molecule has 3 rings (SSSR count). The molecule has 1 fully saturated rings. The fourth-order valence-corrected chi connectivity index (χ4v) is 2.47. The molecule has 1 aliphatic heterocycles. The highest BCUT2D eigenvalue weighted by molar-refractivity contribution is 6.01. The molecular formula is C17H15F2N3O2. The number of nitrogens with one attached hydrogen (secondary N) is 3. The zero-order valence-electron chi connectivity index (χ0n) is 12.6. The van der Waals surface area contributed by atoms with Crippen LogP contribution in [-0.4, -0.2) is 17.9 Å². The normalized spacial score (nSPS) is 16.6. The smallest absolute Gasteiger partial charge is 0.247 e. The molecule has 124 valence electrons. The van der Waals surface area contributed by atoms with Crippen molar-refractivity contribution in [3.63, 3.8) is 0 Å². The number of hydrogen-bond acceptors (Lipinski definition) is 3. The Labute approximate surface area is 137 Å². The largest absolute Gasteiger partial charge is 0.351 e. The van der Waals surface area contributed by atoms with E-state index in [0.29, 0.717) is 24.2 Å². The first kappa shape index (κ1) is 15.9. The maximum absolute atomic E-state index is 13.8. The number of benzene rings is 2. The molecule has 1 atom stereocenters. The minimum Gasteiger partial charge on any atom is -0.351 e. The Bertz CT molecular complexity index is 795. The van der Waals surface area contributed by atoms with Crippen molar-refractivity contribution in [2.24, 2.45) is 0 Å². The van der Waals surface area contributed by atoms with Gasteiger partial charge in [0, 0.05) is 12.5 Å². The van der Waals surface area contributed by atoms with E-state index in [1.165, 1.54) is 6.07 Å². The second-order valence-electron chi connectivity index (χ2n) is 5.44. The first-order valence-corrected chi connectivity index (χ1v) is 7.44. The molecule has 2 aromatic carbocycles. The highest BCUT2D eigenvalue weighted by Crippen LogP contribution is 2.27. The van der Waals surface area contributed by atoms with Crippen LogP contribution in [-0.2, 0) is 9.59 Å². The zero-order valence-corrected chi connectivity index (χ0v) is 12.6. The number of halogens is 2. The Morgan fingerprint density at radius 3 is 2.50 bits per heavy atom. The standard InChI is InChI=1S/C17H15F2N3O2/c18-10-5-6-12(11(19)9-10)20-13-3-1-2-4-14(13)22-17(24)15-7-8-16(23)21-15/h1-6,9,15,20H,7-8H2,(H,21,23)(H,22,24)/t15-/m1/s1. The van der Waals surface area contributed by atoms with Crippen molar-refractivity contribution in [1.29, 1.82) is 0 Å². The van der Waals surface area contributed by atoms with Gasteiger partial charge in [-0.05, 0) is 30.7 Å². The number of hydrogen-bond donors (Lipinski definition) is 3. The highest BCUT2D eigenvalue weighted by atomic mass is 19.1. The molecule has 0 radical (unpaired) electrons. The van der Waals surface area contributed by atoms with Crippen molar-refractivity contribution in [2.75, 3.05) is 10.6 Å². The van der Waals surface area contributed by atoms with Crippen LogP contribution >= 0.6 is 0 Å². The van der Waals surface area contributed by atoms with Crippen molar-refractivity contribution in [3.05, 3.63) is 54.1 Å². The molecule has 2 aromatic rings. The number of carbonyl (C=O) groups excluding carboxylic acids is 2. The fraction of sp³-hybridized carbons (Fsp3) is 0.176. The summed E-state index contributed by atoms with van der Waals surface area (Å²) in [4.78, 5) is 23.4. The molecular weight excluding hydrogens is 316 g/mol. The van der Waals surface area contributed by atoms with Gasteiger partial charge in [-0.1, -0.05) is 12.1 Å². The predicted molar refractivity (Wildman–Crippen MR) is 85.9 cm³/mol. The van der Waals surface area contributed by atoms with Crippen molar-refractivity contribution in [3.8, 4) is 0 Å². The third-order valence-electron chi connectivity index (χ3n) is 3.70. The van der Waals surface area contributed by atoms with Gasteiger partial charge in [-0.2, -0.15) is 0 Å². The topological polar surface area (TPSA) is 70.2 Å². The highest BCUT2D eigenvalue weighted by Gasteiger charge is 2.27. The molecule has 5 nitrogen and oxygen atoms in total. The quantitative estimate of drug-likeness (QED) is 0.807. The average molecular weight is 331 g/mol. The molecule has 1 saturated heterocycles. The van der Waals surface area contributed by atoms with Crippen LogP contribution in [0.25, 0.3) is 0 Å². The average Bonchev–Trinajstić information content (AvgIpc) is 2.98. The van der Waals surface area contributed by atoms with E-state index in [9.17, 15) is 18.4 Å². The van der Waals surface area contributed by atoms with Crippen LogP contribution in [0.1, 0.15) is 12.8 Å². The number of carbonyl (C=O) groups is 2. The molecule has 0 saturated carbocycles. The monoisotopic (exact) mass is 331 g/mol. The predicted octanol–water partition coefficient (Wildman–Crippen LogP) is 2.93. The minimum absolute atomic E-state index is 0.0901. The summed E-state index contributed by atoms with van der Waals surface area (Å²) in [5.41, 5.74) is 0.986. The summed E-state index contributed by atoms with van der Waals surface area (Å²) in [6.45, 7) is 0. The summed E-state index contributed by atoms with van der Waals surface area (Å²) >= 11 is 0. The molecule has 0 bridgehead atoms. The third kappa shape index (κ3) is 3.51. The molecule has 0 aromatic heterocycles. The van der Waals surface area contributed by atoms with Gasteiger partial charge in [-0.15, -0.1) is 0 Å². The number of para-hydroxylation sites is 2. The summed E-state index contributed by atoms with van der Waals surface area (Å²) in [6.07, 6.45) is 0.756. The maximum Gasteiger partial charge on any atom is 0.247 e. The number of rotatable bonds is 4. The van der Waals surface area contributed by atoms with Crippen LogP contribution in [0.4, 0.5) is 25.8 Å². The molecule has 1 aliphatic rings. The van der Waals surface area contributed by atoms with Gasteiger partial charge in [-0.25, -0.2) is 8.78 Å². The van der Waals surface area contributed by atoms with Gasteiger partial charge < -0.3 is 16.0 Å². The van der Waals surface area contributed by atoms with E-state index < -0.39 is 17.7 Å². The van der Waals surface area contributed by atoms with Gasteiger partial charge in [0.25, 0.3) is 0 Å². The molecule has 7 heteroatoms. The first-order valence-electron chi connectivity index (χ1n) is 7.44. The molecule has 3 N–H and O–H groups in total. The number of anilines is 3. The summed E-state index contributed by atoms with van der Waals surface area (Å²) in [5.74, 6) is -1.90. The minimum atomic E-state index is -0.737. The second-order valence-corrected chi connectivity index (χ2v) is 5.44. The maximum atomic E-state index is 13.8. The van der Waals surface area contributed by atoms with Crippen molar-refractivity contribution in [2.45, 2.75) is 18.9 Å². The van der Waals surface area contributed by atoms with Crippen molar-refractivity contribution < 1.29 is 18.4 Å². The lowest BCUT2D eigenvalue weighted by Crippen LogP contribution is -2.37. The summed E-state index contributed by atoms with van der Waals surface area (Å²) in [6, 6.07) is 9.36. The van der Waals surface area contributed by atoms with Gasteiger partial charge in [0.1, 0.15) is 17.7 Å². The summed E-state index contributed by atoms with van der Waals surface area (Å²) < 4.78 is 26.8. The van der Waals surface area contributed by atoms with Crippen LogP contribution in [0.15, 0.2) is 42.5 Å². The van der Waals surface area contributed by atoms with Crippen molar-refractivity contribution >= 4 is 28.9 Å². The van der Waals surface area contributed by atoms with Gasteiger partial charge in [0.05, 0.1) is 17.1 Å². The SMILES string of the molecule is O=C1CC[C@H](C(=O)Nc2ccccc2Nc2ccc(F)cc2F)N1. The van der Waals surface area contributed by atoms with E-state index in [0.717, 1.165) is 12.1 Å². The Morgan fingerprint density at radius 1 is 1.08 bits per heavy atom. The molecule has 1 heterocycles. The molecule has 0 aliphatic carbocycles. The van der Waals surface area contributed by atoms with Gasteiger partial charge in [-0.3, -0.25) is 9.59 Å². The zero-order chi connectivity index (χ0) is 17.1. The Kier molecular flexibility index (Phi) is 4.41. The number of amides is 2. The van der Waals surface area contributed by atoms with E-state index >= 15 is 0 Å². The lowest BCUT2D eigenvalue weighted by atomic mass is 10.2. The van der Waals surface area contributed by atoms with Gasteiger partial charge in [0.15, 0.2) is 0 Å². The van der Waals surface area contributed by atoms with Crippen LogP contribution in [0.5, 0.6) is 0 Å². The molecule has 0 spiro atoms. The van der Waals surface area contributed by atoms with Crippen LogP contribution in [0, 0.1) is 11.6 Å². The van der Waals surface area contributed by atoms with Crippen LogP contribution < -0.4 is 16.0 Å². The van der Waals surface area contributed by atoms with E-state index in [4.69, 9.17) is 0 Å². The van der Waals surface area contributed by atoms with E-state index in [1.807, 2.05) is 0 Å². The third-order valence-corrected chi connectivity index (χ3v) is 3.70. The summed E-state index contributed by atoms with van der Waals surface area (Å²) in [7, 11) is 0. The molecule has 24 heavy (non-hydrogen) atoms. The van der Waals surface area contributed by atoms with Crippen LogP contribution in [0.2, 0.25) is 0 Å². The molecule has 2 amide bonds. The van der Waals surface area contributed by atoms with Gasteiger partial charge >= 0.3 is 0 Å². The Hall–Kier alpha value is -2.96. The lowest BCUT2D eigenvalue weighted by molar-refractivity contribution is -0.122. The first-order chi connectivity index (χ1) is 11.5. The van der Waals surface area contributed by atoms with E-state index in [2.05, 4.69) is 16.0 Å². The summed E-state index contributed by atoms with van der Waals surface area (Å²) in [5, 5.41) is 8.13. The van der Waals surface area contributed by atoms with Gasteiger partial charge in [0.2, 0.25) is 11.8 Å². The lowest BCUT2D eigenvalue weighted by Gasteiger charge is -2.16. The molecule has 0 unspecified atom stereocenters. The van der Waals surface area contributed by atoms with Crippen molar-refractivity contribution in [1.82, 2.24) is 5.32 Å². The van der Waals surface area contributed by atoms with E-state index in [-0.39, 0.29) is 17.5 Å².